The number of nitrogens with one attached hydrogen (secondary N) is 2. The van der Waals surface area contributed by atoms with Crippen LogP contribution in [0.1, 0.15) is 18.5 Å². The van der Waals surface area contributed by atoms with E-state index in [9.17, 15) is 14.4 Å². The highest BCUT2D eigenvalue weighted by molar-refractivity contribution is 6.30. The van der Waals surface area contributed by atoms with E-state index in [1.807, 2.05) is 5.32 Å². The van der Waals surface area contributed by atoms with E-state index < -0.39 is 17.9 Å². The summed E-state index contributed by atoms with van der Waals surface area (Å²) in [7, 11) is 0. The van der Waals surface area contributed by atoms with Crippen LogP contribution in [-0.2, 0) is 9.59 Å². The summed E-state index contributed by atoms with van der Waals surface area (Å²) in [5, 5.41) is 13.4. The van der Waals surface area contributed by atoms with Crippen LogP contribution in [0.4, 0.5) is 4.79 Å². The molecule has 0 saturated heterocycles. The maximum atomic E-state index is 11.5. The van der Waals surface area contributed by atoms with Crippen molar-refractivity contribution in [3.05, 3.63) is 47.0 Å². The van der Waals surface area contributed by atoms with Gasteiger partial charge in [-0.05, 0) is 24.6 Å². The van der Waals surface area contributed by atoms with Gasteiger partial charge in [-0.2, -0.15) is 0 Å². The lowest BCUT2D eigenvalue weighted by molar-refractivity contribution is -0.131. The number of hydrogen-bond acceptors (Lipinski definition) is 3. The van der Waals surface area contributed by atoms with Gasteiger partial charge >= 0.3 is 12.0 Å². The molecule has 20 heavy (non-hydrogen) atoms. The van der Waals surface area contributed by atoms with Gasteiger partial charge in [-0.25, -0.2) is 9.59 Å². The van der Waals surface area contributed by atoms with E-state index in [0.29, 0.717) is 11.1 Å². The van der Waals surface area contributed by atoms with E-state index in [1.54, 1.807) is 31.2 Å². The van der Waals surface area contributed by atoms with Gasteiger partial charge in [0.2, 0.25) is 0 Å². The second-order valence-corrected chi connectivity index (χ2v) is 4.34. The van der Waals surface area contributed by atoms with Crippen LogP contribution < -0.4 is 10.6 Å². The Morgan fingerprint density at radius 3 is 2.35 bits per heavy atom. The summed E-state index contributed by atoms with van der Waals surface area (Å²) in [6, 6.07) is 5.83. The fraction of sp³-hybridized carbons (Fsp3) is 0.154. The third-order valence-corrected chi connectivity index (χ3v) is 2.58. The van der Waals surface area contributed by atoms with Crippen LogP contribution in [0, 0.1) is 0 Å². The molecule has 0 fully saturated rings. The summed E-state index contributed by atoms with van der Waals surface area (Å²) in [6.07, 6.45) is 1.40. The molecule has 0 heterocycles. The first kappa shape index (κ1) is 15.7. The number of carbonyl (C=O) groups is 3. The maximum Gasteiger partial charge on any atom is 0.328 e. The highest BCUT2D eigenvalue weighted by Crippen LogP contribution is 2.15. The average Bonchev–Trinajstić information content (AvgIpc) is 2.36. The number of hydrogen-bond donors (Lipinski definition) is 3. The first-order valence-corrected chi connectivity index (χ1v) is 6.04. The Kier molecular flexibility index (Phi) is 5.74. The van der Waals surface area contributed by atoms with Crippen molar-refractivity contribution >= 4 is 29.5 Å². The summed E-state index contributed by atoms with van der Waals surface area (Å²) in [5.41, 5.74) is 0.818. The highest BCUT2D eigenvalue weighted by Gasteiger charge is 2.10. The Morgan fingerprint density at radius 2 is 1.80 bits per heavy atom. The average molecular weight is 297 g/mol. The standard InChI is InChI=1S/C13H13ClN2O4/c1-8(9-2-4-10(14)5-3-9)15-13(20)16-11(17)6-7-12(18)19/h2-8H,1H3,(H,18,19)(H2,15,16,17,20). The molecule has 3 amide bonds. The van der Waals surface area contributed by atoms with Crippen LogP contribution in [0.2, 0.25) is 5.02 Å². The first-order chi connectivity index (χ1) is 9.38. The summed E-state index contributed by atoms with van der Waals surface area (Å²) < 4.78 is 0. The Labute approximate surface area is 120 Å². The van der Waals surface area contributed by atoms with E-state index in [1.165, 1.54) is 0 Å². The quantitative estimate of drug-likeness (QED) is 0.739. The van der Waals surface area contributed by atoms with Crippen LogP contribution in [0.5, 0.6) is 0 Å². The fourth-order valence-electron chi connectivity index (χ4n) is 1.37. The summed E-state index contributed by atoms with van der Waals surface area (Å²) in [6.45, 7) is 1.74. The smallest absolute Gasteiger partial charge is 0.328 e. The topological polar surface area (TPSA) is 95.5 Å². The van der Waals surface area contributed by atoms with E-state index >= 15 is 0 Å². The minimum Gasteiger partial charge on any atom is -0.478 e. The fourth-order valence-corrected chi connectivity index (χ4v) is 1.49. The molecular formula is C13H13ClN2O4. The van der Waals surface area contributed by atoms with E-state index in [0.717, 1.165) is 11.6 Å². The lowest BCUT2D eigenvalue weighted by Gasteiger charge is -2.14. The molecule has 0 aromatic heterocycles. The largest absolute Gasteiger partial charge is 0.478 e. The van der Waals surface area contributed by atoms with Gasteiger partial charge in [-0.3, -0.25) is 10.1 Å². The Hall–Kier alpha value is -2.34. The SMILES string of the molecule is CC(NC(=O)NC(=O)C=CC(=O)O)c1ccc(Cl)cc1. The van der Waals surface area contributed by atoms with Crippen molar-refractivity contribution in [2.75, 3.05) is 0 Å². The number of aliphatic carboxylic acids is 1. The summed E-state index contributed by atoms with van der Waals surface area (Å²) >= 11 is 5.75. The Morgan fingerprint density at radius 1 is 1.20 bits per heavy atom. The van der Waals surface area contributed by atoms with Gasteiger partial charge in [-0.1, -0.05) is 23.7 Å². The minimum absolute atomic E-state index is 0.330. The van der Waals surface area contributed by atoms with Crippen molar-refractivity contribution in [1.82, 2.24) is 10.6 Å². The summed E-state index contributed by atoms with van der Waals surface area (Å²) in [4.78, 5) is 32.9. The molecule has 7 heteroatoms. The zero-order valence-electron chi connectivity index (χ0n) is 10.6. The van der Waals surface area contributed by atoms with Gasteiger partial charge in [0, 0.05) is 17.2 Å². The predicted octanol–water partition coefficient (Wildman–Crippen LogP) is 1.87. The number of urea groups is 1. The number of benzene rings is 1. The molecule has 1 aromatic carbocycles. The third kappa shape index (κ3) is 5.53. The monoisotopic (exact) mass is 296 g/mol. The number of rotatable bonds is 4. The Balaban J connectivity index is 2.51. The molecule has 1 unspecified atom stereocenters. The molecule has 1 atom stereocenters. The maximum absolute atomic E-state index is 11.5. The molecule has 3 N–H and O–H groups in total. The number of halogens is 1. The van der Waals surface area contributed by atoms with Crippen molar-refractivity contribution in [3.63, 3.8) is 0 Å². The molecule has 0 spiro atoms. The van der Waals surface area contributed by atoms with Crippen molar-refractivity contribution < 1.29 is 19.5 Å². The normalized spacial score (nSPS) is 11.9. The molecule has 0 saturated carbocycles. The molecule has 1 rings (SSSR count). The lowest BCUT2D eigenvalue weighted by Crippen LogP contribution is -2.39. The lowest BCUT2D eigenvalue weighted by atomic mass is 10.1. The van der Waals surface area contributed by atoms with Gasteiger partial charge in [0.1, 0.15) is 0 Å². The van der Waals surface area contributed by atoms with E-state index in [-0.39, 0.29) is 6.04 Å². The van der Waals surface area contributed by atoms with Crippen LogP contribution in [-0.4, -0.2) is 23.0 Å². The van der Waals surface area contributed by atoms with Crippen molar-refractivity contribution in [2.24, 2.45) is 0 Å². The molecule has 0 aliphatic rings. The highest BCUT2D eigenvalue weighted by atomic mass is 35.5. The zero-order chi connectivity index (χ0) is 15.1. The van der Waals surface area contributed by atoms with Crippen LogP contribution in [0.3, 0.4) is 0 Å². The van der Waals surface area contributed by atoms with Crippen molar-refractivity contribution in [2.45, 2.75) is 13.0 Å². The predicted molar refractivity (Wildman–Crippen MR) is 73.3 cm³/mol. The second kappa shape index (κ2) is 7.30. The van der Waals surface area contributed by atoms with E-state index in [4.69, 9.17) is 16.7 Å². The van der Waals surface area contributed by atoms with Crippen molar-refractivity contribution in [3.8, 4) is 0 Å². The molecule has 0 aliphatic heterocycles. The van der Waals surface area contributed by atoms with Gasteiger partial charge < -0.3 is 10.4 Å². The summed E-state index contributed by atoms with van der Waals surface area (Å²) in [5.74, 6) is -2.08. The molecule has 6 nitrogen and oxygen atoms in total. The molecule has 0 aliphatic carbocycles. The zero-order valence-corrected chi connectivity index (χ0v) is 11.3. The Bertz CT molecular complexity index is 540. The minimum atomic E-state index is -1.27. The van der Waals surface area contributed by atoms with Gasteiger partial charge in [-0.15, -0.1) is 0 Å². The van der Waals surface area contributed by atoms with E-state index in [2.05, 4.69) is 5.32 Å². The van der Waals surface area contributed by atoms with Crippen LogP contribution >= 0.6 is 11.6 Å². The van der Waals surface area contributed by atoms with Gasteiger partial charge in [0.05, 0.1) is 6.04 Å². The molecule has 0 radical (unpaired) electrons. The molecule has 1 aromatic rings. The number of amides is 3. The van der Waals surface area contributed by atoms with Gasteiger partial charge in [0.15, 0.2) is 0 Å². The first-order valence-electron chi connectivity index (χ1n) is 5.66. The van der Waals surface area contributed by atoms with Crippen LogP contribution in [0.25, 0.3) is 0 Å². The molecular weight excluding hydrogens is 284 g/mol. The second-order valence-electron chi connectivity index (χ2n) is 3.91. The number of carboxylic acids is 1. The number of imide groups is 1. The van der Waals surface area contributed by atoms with Gasteiger partial charge in [0.25, 0.3) is 5.91 Å². The molecule has 106 valence electrons. The van der Waals surface area contributed by atoms with Crippen LogP contribution in [0.15, 0.2) is 36.4 Å². The number of carbonyl (C=O) groups excluding carboxylic acids is 2. The third-order valence-electron chi connectivity index (χ3n) is 2.33. The molecule has 0 bridgehead atoms. The van der Waals surface area contributed by atoms with Crippen molar-refractivity contribution in [1.29, 1.82) is 0 Å². The number of carboxylic acid groups (broad SMARTS) is 1.